The van der Waals surface area contributed by atoms with E-state index in [1.807, 2.05) is 6.07 Å². The van der Waals surface area contributed by atoms with Gasteiger partial charge in [-0.2, -0.15) is 4.98 Å². The second kappa shape index (κ2) is 4.57. The minimum Gasteiger partial charge on any atom is -0.305 e. The van der Waals surface area contributed by atoms with Gasteiger partial charge in [0.25, 0.3) is 0 Å². The van der Waals surface area contributed by atoms with E-state index in [1.165, 1.54) is 0 Å². The van der Waals surface area contributed by atoms with Gasteiger partial charge in [0.15, 0.2) is 5.78 Å². The first-order valence-corrected chi connectivity index (χ1v) is 5.93. The number of carbonyl (C=O) groups excluding carboxylic acids is 1. The second-order valence-electron chi connectivity index (χ2n) is 3.30. The summed E-state index contributed by atoms with van der Waals surface area (Å²) >= 11 is 3.20. The lowest BCUT2D eigenvalue weighted by molar-refractivity contribution is 0.0986. The molecule has 1 aromatic heterocycles. The molecule has 0 aliphatic rings. The average Bonchev–Trinajstić information content (AvgIpc) is 2.28. The lowest BCUT2D eigenvalue weighted by Gasteiger charge is -2.02. The Kier molecular flexibility index (Phi) is 3.14. The highest BCUT2D eigenvalue weighted by atomic mass is 79.9. The fourth-order valence-electron chi connectivity index (χ4n) is 1.52. The smallest absolute Gasteiger partial charge is 0.305 e. The molecule has 0 spiro atoms. The number of ketones is 1. The Hall–Kier alpha value is -1.49. The van der Waals surface area contributed by atoms with Crippen LogP contribution in [0.1, 0.15) is 16.9 Å². The predicted octanol–water partition coefficient (Wildman–Crippen LogP) is 1.89. The van der Waals surface area contributed by atoms with Crippen LogP contribution < -0.4 is 5.69 Å². The summed E-state index contributed by atoms with van der Waals surface area (Å²) in [6.45, 7) is 0. The molecule has 82 valence electrons. The molecule has 2 rings (SSSR count). The molecule has 1 aromatic carbocycles. The number of carbonyl (C=O) groups is 1. The quantitative estimate of drug-likeness (QED) is 0.690. The van der Waals surface area contributed by atoms with Gasteiger partial charge in [-0.25, -0.2) is 4.79 Å². The van der Waals surface area contributed by atoms with Gasteiger partial charge in [0, 0.05) is 17.1 Å². The highest BCUT2D eigenvalue weighted by Gasteiger charge is 2.12. The lowest BCUT2D eigenvalue weighted by Crippen LogP contribution is -2.16. The number of alkyl halides is 1. The Morgan fingerprint density at radius 2 is 2.12 bits per heavy atom. The van der Waals surface area contributed by atoms with Crippen molar-refractivity contribution < 1.29 is 4.79 Å². The van der Waals surface area contributed by atoms with Crippen molar-refractivity contribution in [3.63, 3.8) is 0 Å². The van der Waals surface area contributed by atoms with Crippen LogP contribution in [0, 0.1) is 0 Å². The number of H-pyrrole nitrogens is 1. The molecule has 5 heteroatoms. The molecule has 0 aliphatic heterocycles. The van der Waals surface area contributed by atoms with E-state index in [0.29, 0.717) is 22.7 Å². The molecule has 0 aliphatic carbocycles. The van der Waals surface area contributed by atoms with E-state index in [1.54, 1.807) is 18.2 Å². The predicted molar refractivity (Wildman–Crippen MR) is 65.1 cm³/mol. The van der Waals surface area contributed by atoms with Crippen molar-refractivity contribution in [2.75, 3.05) is 5.33 Å². The van der Waals surface area contributed by atoms with Crippen LogP contribution >= 0.6 is 15.9 Å². The zero-order chi connectivity index (χ0) is 11.5. The molecule has 16 heavy (non-hydrogen) atoms. The summed E-state index contributed by atoms with van der Waals surface area (Å²) in [6.07, 6.45) is 0.334. The maximum Gasteiger partial charge on any atom is 0.346 e. The van der Waals surface area contributed by atoms with E-state index in [-0.39, 0.29) is 11.5 Å². The van der Waals surface area contributed by atoms with Gasteiger partial charge in [0.1, 0.15) is 5.69 Å². The van der Waals surface area contributed by atoms with Crippen molar-refractivity contribution in [1.29, 1.82) is 0 Å². The first-order chi connectivity index (χ1) is 7.72. The molecular weight excluding hydrogens is 272 g/mol. The van der Waals surface area contributed by atoms with Crippen molar-refractivity contribution in [1.82, 2.24) is 9.97 Å². The maximum atomic E-state index is 11.8. The number of benzene rings is 1. The molecule has 0 fully saturated rings. The second-order valence-corrected chi connectivity index (χ2v) is 4.09. The van der Waals surface area contributed by atoms with E-state index in [4.69, 9.17) is 0 Å². The van der Waals surface area contributed by atoms with Crippen LogP contribution in [0.5, 0.6) is 0 Å². The van der Waals surface area contributed by atoms with Crippen molar-refractivity contribution in [3.8, 4) is 0 Å². The number of nitrogens with zero attached hydrogens (tertiary/aromatic N) is 1. The maximum absolute atomic E-state index is 11.8. The van der Waals surface area contributed by atoms with Crippen LogP contribution in [-0.2, 0) is 0 Å². The van der Waals surface area contributed by atoms with E-state index in [0.717, 1.165) is 0 Å². The number of aromatic amines is 1. The topological polar surface area (TPSA) is 62.8 Å². The van der Waals surface area contributed by atoms with Crippen LogP contribution in [0.15, 0.2) is 29.1 Å². The molecule has 1 N–H and O–H groups in total. The summed E-state index contributed by atoms with van der Waals surface area (Å²) in [4.78, 5) is 29.4. The first kappa shape index (κ1) is 11.0. The normalized spacial score (nSPS) is 10.6. The summed E-state index contributed by atoms with van der Waals surface area (Å²) in [7, 11) is 0. The van der Waals surface area contributed by atoms with Gasteiger partial charge in [-0.1, -0.05) is 34.1 Å². The van der Waals surface area contributed by atoms with Gasteiger partial charge in [-0.05, 0) is 6.07 Å². The number of hydrogen-bond acceptors (Lipinski definition) is 3. The minimum atomic E-state index is -0.489. The fourth-order valence-corrected chi connectivity index (χ4v) is 1.88. The van der Waals surface area contributed by atoms with Crippen LogP contribution in [0.2, 0.25) is 0 Å². The van der Waals surface area contributed by atoms with E-state index < -0.39 is 5.69 Å². The minimum absolute atomic E-state index is 0.126. The molecular formula is C11H9BrN2O2. The number of halogens is 1. The standard InChI is InChI=1S/C11H9BrN2O2/c12-6-5-9(15)10-7-3-1-2-4-8(7)13-11(16)14-10/h1-4H,5-6H2,(H,13,14,16). The van der Waals surface area contributed by atoms with Gasteiger partial charge >= 0.3 is 5.69 Å². The number of aromatic nitrogens is 2. The third-order valence-electron chi connectivity index (χ3n) is 2.22. The number of rotatable bonds is 3. The van der Waals surface area contributed by atoms with Crippen molar-refractivity contribution in [2.24, 2.45) is 0 Å². The van der Waals surface area contributed by atoms with Crippen LogP contribution in [0.3, 0.4) is 0 Å². The summed E-state index contributed by atoms with van der Waals surface area (Å²) in [5, 5.41) is 1.25. The molecule has 0 amide bonds. The van der Waals surface area contributed by atoms with Crippen LogP contribution in [0.25, 0.3) is 10.9 Å². The van der Waals surface area contributed by atoms with E-state index in [9.17, 15) is 9.59 Å². The number of nitrogens with one attached hydrogen (secondary N) is 1. The van der Waals surface area contributed by atoms with Crippen LogP contribution in [0.4, 0.5) is 0 Å². The molecule has 0 bridgehead atoms. The van der Waals surface area contributed by atoms with Gasteiger partial charge in [0.2, 0.25) is 0 Å². The SMILES string of the molecule is O=C(CCBr)c1nc(=O)[nH]c2ccccc12. The largest absolute Gasteiger partial charge is 0.346 e. The molecule has 0 unspecified atom stereocenters. The highest BCUT2D eigenvalue weighted by molar-refractivity contribution is 9.09. The van der Waals surface area contributed by atoms with Crippen molar-refractivity contribution >= 4 is 32.6 Å². The van der Waals surface area contributed by atoms with Crippen molar-refractivity contribution in [3.05, 3.63) is 40.4 Å². The molecule has 2 aromatic rings. The summed E-state index contributed by atoms with van der Waals surface area (Å²) < 4.78 is 0. The third-order valence-corrected chi connectivity index (χ3v) is 2.62. The fraction of sp³-hybridized carbons (Fsp3) is 0.182. The van der Waals surface area contributed by atoms with Gasteiger partial charge in [0.05, 0.1) is 5.52 Å². The average molecular weight is 281 g/mol. The Labute approximate surface area is 99.8 Å². The molecule has 0 saturated carbocycles. The number of Topliss-reactive ketones (excluding diaryl/α,β-unsaturated/α-hetero) is 1. The number of para-hydroxylation sites is 1. The Bertz CT molecular complexity index is 592. The monoisotopic (exact) mass is 280 g/mol. The zero-order valence-electron chi connectivity index (χ0n) is 8.37. The number of fused-ring (bicyclic) bond motifs is 1. The van der Waals surface area contributed by atoms with Crippen molar-refractivity contribution in [2.45, 2.75) is 6.42 Å². The highest BCUT2D eigenvalue weighted by Crippen LogP contribution is 2.14. The number of hydrogen-bond donors (Lipinski definition) is 1. The molecule has 0 saturated heterocycles. The van der Waals surface area contributed by atoms with Gasteiger partial charge < -0.3 is 4.98 Å². The summed E-state index contributed by atoms with van der Waals surface area (Å²) in [5.41, 5.74) is 0.399. The molecule has 0 radical (unpaired) electrons. The van der Waals surface area contributed by atoms with E-state index >= 15 is 0 Å². The van der Waals surface area contributed by atoms with Gasteiger partial charge in [-0.15, -0.1) is 0 Å². The Balaban J connectivity index is 2.68. The molecule has 0 atom stereocenters. The summed E-state index contributed by atoms with van der Waals surface area (Å²) in [5.74, 6) is -0.126. The summed E-state index contributed by atoms with van der Waals surface area (Å²) in [6, 6.07) is 7.15. The van der Waals surface area contributed by atoms with Crippen LogP contribution in [-0.4, -0.2) is 21.1 Å². The lowest BCUT2D eigenvalue weighted by atomic mass is 10.1. The third kappa shape index (κ3) is 2.04. The Morgan fingerprint density at radius 3 is 2.88 bits per heavy atom. The molecule has 1 heterocycles. The first-order valence-electron chi connectivity index (χ1n) is 4.80. The zero-order valence-corrected chi connectivity index (χ0v) is 9.95. The molecule has 4 nitrogen and oxygen atoms in total. The van der Waals surface area contributed by atoms with E-state index in [2.05, 4.69) is 25.9 Å². The Morgan fingerprint density at radius 1 is 1.38 bits per heavy atom. The van der Waals surface area contributed by atoms with Gasteiger partial charge in [-0.3, -0.25) is 4.79 Å².